The number of benzene rings is 1. The minimum atomic E-state index is -1.49. The maximum atomic E-state index is 6.25. The summed E-state index contributed by atoms with van der Waals surface area (Å²) >= 11 is 0. The quantitative estimate of drug-likeness (QED) is 0.845. The molecule has 1 fully saturated rings. The van der Waals surface area contributed by atoms with Crippen molar-refractivity contribution < 1.29 is 4.43 Å². The molecule has 0 heterocycles. The van der Waals surface area contributed by atoms with Gasteiger partial charge in [0.05, 0.1) is 0 Å². The molecule has 2 N–H and O–H groups in total. The zero-order chi connectivity index (χ0) is 12.5. The Balaban J connectivity index is 0.00000162. The normalized spacial score (nSPS) is 17.6. The van der Waals surface area contributed by atoms with Crippen LogP contribution in [0.5, 0.6) is 5.75 Å². The van der Waals surface area contributed by atoms with Gasteiger partial charge in [-0.05, 0) is 56.1 Å². The molecule has 0 unspecified atom stereocenters. The summed E-state index contributed by atoms with van der Waals surface area (Å²) in [5.74, 6) is 1.67. The van der Waals surface area contributed by atoms with Crippen molar-refractivity contribution in [3.05, 3.63) is 29.8 Å². The van der Waals surface area contributed by atoms with E-state index < -0.39 is 8.32 Å². The highest BCUT2D eigenvalue weighted by molar-refractivity contribution is 6.70. The molecule has 1 aromatic carbocycles. The van der Waals surface area contributed by atoms with Crippen molar-refractivity contribution in [3.8, 4) is 5.75 Å². The fourth-order valence-electron chi connectivity index (χ4n) is 2.18. The highest BCUT2D eigenvalue weighted by atomic mass is 35.5. The van der Waals surface area contributed by atoms with E-state index in [4.69, 9.17) is 10.2 Å². The predicted molar refractivity (Wildman–Crippen MR) is 81.9 cm³/mol. The first kappa shape index (κ1) is 15.5. The van der Waals surface area contributed by atoms with Crippen LogP contribution in [-0.4, -0.2) is 8.32 Å². The average Bonchev–Trinajstić information content (AvgIpc) is 2.13. The van der Waals surface area contributed by atoms with Crippen LogP contribution < -0.4 is 10.2 Å². The summed E-state index contributed by atoms with van der Waals surface area (Å²) in [7, 11) is -1.49. The molecule has 1 aliphatic carbocycles. The molecule has 2 rings (SSSR count). The van der Waals surface area contributed by atoms with Gasteiger partial charge >= 0.3 is 0 Å². The first-order valence-corrected chi connectivity index (χ1v) is 9.91. The fourth-order valence-corrected chi connectivity index (χ4v) is 3.03. The molecule has 4 heteroatoms. The molecule has 0 spiro atoms. The van der Waals surface area contributed by atoms with E-state index in [2.05, 4.69) is 43.9 Å². The van der Waals surface area contributed by atoms with Crippen molar-refractivity contribution in [2.45, 2.75) is 44.9 Å². The second kappa shape index (κ2) is 6.09. The standard InChI is InChI=1S/C14H23NOSi.ClH/c1-17(2,3)16-13-9-7-12(8-10-13)14(15)11-5-4-6-11;/h7-11,14H,4-6,15H2,1-3H3;1H/t14-;/m0./s1. The van der Waals surface area contributed by atoms with Crippen molar-refractivity contribution in [3.63, 3.8) is 0 Å². The van der Waals surface area contributed by atoms with Crippen LogP contribution in [0.25, 0.3) is 0 Å². The lowest BCUT2D eigenvalue weighted by atomic mass is 9.78. The maximum absolute atomic E-state index is 6.25. The number of halogens is 1. The van der Waals surface area contributed by atoms with Crippen molar-refractivity contribution in [2.75, 3.05) is 0 Å². The van der Waals surface area contributed by atoms with Crippen LogP contribution in [0.4, 0.5) is 0 Å². The number of hydrogen-bond acceptors (Lipinski definition) is 2. The van der Waals surface area contributed by atoms with Crippen LogP contribution in [0.3, 0.4) is 0 Å². The third-order valence-corrected chi connectivity index (χ3v) is 4.19. The molecule has 2 nitrogen and oxygen atoms in total. The van der Waals surface area contributed by atoms with Gasteiger partial charge < -0.3 is 10.2 Å². The van der Waals surface area contributed by atoms with Gasteiger partial charge in [-0.3, -0.25) is 0 Å². The van der Waals surface area contributed by atoms with Crippen LogP contribution in [0.15, 0.2) is 24.3 Å². The van der Waals surface area contributed by atoms with Crippen LogP contribution in [0.1, 0.15) is 30.9 Å². The Morgan fingerprint density at radius 3 is 2.11 bits per heavy atom. The molecule has 0 amide bonds. The number of hydrogen-bond donors (Lipinski definition) is 1. The summed E-state index contributed by atoms with van der Waals surface area (Å²) in [4.78, 5) is 0. The minimum Gasteiger partial charge on any atom is -0.544 e. The highest BCUT2D eigenvalue weighted by Crippen LogP contribution is 2.36. The van der Waals surface area contributed by atoms with Gasteiger partial charge in [-0.2, -0.15) is 0 Å². The molecular weight excluding hydrogens is 262 g/mol. The van der Waals surface area contributed by atoms with Gasteiger partial charge in [-0.15, -0.1) is 12.4 Å². The first-order chi connectivity index (χ1) is 7.96. The lowest BCUT2D eigenvalue weighted by molar-refractivity contribution is 0.264. The Kier molecular flexibility index (Phi) is 5.26. The Labute approximate surface area is 117 Å². The van der Waals surface area contributed by atoms with Crippen molar-refractivity contribution in [1.82, 2.24) is 0 Å². The lowest BCUT2D eigenvalue weighted by Gasteiger charge is -2.31. The van der Waals surface area contributed by atoms with E-state index in [9.17, 15) is 0 Å². The zero-order valence-electron chi connectivity index (χ0n) is 11.5. The molecule has 0 aliphatic heterocycles. The zero-order valence-corrected chi connectivity index (χ0v) is 13.3. The Hall–Kier alpha value is -0.513. The summed E-state index contributed by atoms with van der Waals surface area (Å²) in [6, 6.07) is 8.58. The van der Waals surface area contributed by atoms with Gasteiger partial charge in [-0.25, -0.2) is 0 Å². The molecular formula is C14H24ClNOSi. The third kappa shape index (κ3) is 4.01. The molecule has 1 atom stereocenters. The van der Waals surface area contributed by atoms with Gasteiger partial charge in [0, 0.05) is 6.04 Å². The third-order valence-electron chi connectivity index (χ3n) is 3.35. The second-order valence-corrected chi connectivity index (χ2v) is 10.4. The largest absolute Gasteiger partial charge is 0.544 e. The van der Waals surface area contributed by atoms with Gasteiger partial charge in [-0.1, -0.05) is 18.6 Å². The predicted octanol–water partition coefficient (Wildman–Crippen LogP) is 4.12. The van der Waals surface area contributed by atoms with E-state index in [1.54, 1.807) is 0 Å². The van der Waals surface area contributed by atoms with E-state index in [1.807, 2.05) is 0 Å². The van der Waals surface area contributed by atoms with E-state index in [0.717, 1.165) is 5.75 Å². The molecule has 1 saturated carbocycles. The lowest BCUT2D eigenvalue weighted by Crippen LogP contribution is -2.29. The van der Waals surface area contributed by atoms with E-state index in [-0.39, 0.29) is 18.4 Å². The van der Waals surface area contributed by atoms with Crippen LogP contribution in [0, 0.1) is 5.92 Å². The van der Waals surface area contributed by atoms with Gasteiger partial charge in [0.25, 0.3) is 0 Å². The molecule has 18 heavy (non-hydrogen) atoms. The second-order valence-electron chi connectivity index (χ2n) is 6.00. The highest BCUT2D eigenvalue weighted by Gasteiger charge is 2.25. The van der Waals surface area contributed by atoms with Crippen molar-refractivity contribution in [1.29, 1.82) is 0 Å². The minimum absolute atomic E-state index is 0. The molecule has 1 aromatic rings. The molecule has 1 aliphatic rings. The Bertz CT molecular complexity index is 370. The summed E-state index contributed by atoms with van der Waals surface area (Å²) in [5, 5.41) is 0. The summed E-state index contributed by atoms with van der Waals surface area (Å²) in [6.07, 6.45) is 3.91. The smallest absolute Gasteiger partial charge is 0.242 e. The number of rotatable bonds is 4. The summed E-state index contributed by atoms with van der Waals surface area (Å²) < 4.78 is 5.94. The Morgan fingerprint density at radius 2 is 1.72 bits per heavy atom. The monoisotopic (exact) mass is 285 g/mol. The number of nitrogens with two attached hydrogens (primary N) is 1. The topological polar surface area (TPSA) is 35.2 Å². The van der Waals surface area contributed by atoms with Crippen molar-refractivity contribution in [2.24, 2.45) is 11.7 Å². The molecule has 0 radical (unpaired) electrons. The van der Waals surface area contributed by atoms with Crippen LogP contribution in [0.2, 0.25) is 19.6 Å². The molecule has 0 saturated heterocycles. The van der Waals surface area contributed by atoms with Crippen LogP contribution >= 0.6 is 12.4 Å². The molecule has 0 aromatic heterocycles. The SMILES string of the molecule is C[Si](C)(C)Oc1ccc([C@@H](N)C2CCC2)cc1.Cl. The van der Waals surface area contributed by atoms with Gasteiger partial charge in [0.1, 0.15) is 5.75 Å². The van der Waals surface area contributed by atoms with Crippen LogP contribution in [-0.2, 0) is 0 Å². The first-order valence-electron chi connectivity index (χ1n) is 6.50. The maximum Gasteiger partial charge on any atom is 0.242 e. The molecule has 102 valence electrons. The van der Waals surface area contributed by atoms with E-state index in [1.165, 1.54) is 24.8 Å². The Morgan fingerprint density at radius 1 is 1.17 bits per heavy atom. The van der Waals surface area contributed by atoms with Crippen molar-refractivity contribution >= 4 is 20.7 Å². The van der Waals surface area contributed by atoms with Gasteiger partial charge in [0.15, 0.2) is 0 Å². The summed E-state index contributed by atoms with van der Waals surface area (Å²) in [5.41, 5.74) is 7.49. The molecule has 0 bridgehead atoms. The average molecular weight is 286 g/mol. The van der Waals surface area contributed by atoms with E-state index >= 15 is 0 Å². The van der Waals surface area contributed by atoms with E-state index in [0.29, 0.717) is 5.92 Å². The van der Waals surface area contributed by atoms with Gasteiger partial charge in [0.2, 0.25) is 8.32 Å². The summed E-state index contributed by atoms with van der Waals surface area (Å²) in [6.45, 7) is 6.59. The fraction of sp³-hybridized carbons (Fsp3) is 0.571.